The van der Waals surface area contributed by atoms with Crippen molar-refractivity contribution in [1.29, 1.82) is 0 Å². The fourth-order valence-corrected chi connectivity index (χ4v) is 0.859. The van der Waals surface area contributed by atoms with Crippen molar-refractivity contribution < 1.29 is 23.1 Å². The van der Waals surface area contributed by atoms with Gasteiger partial charge >= 0.3 is 12.1 Å². The van der Waals surface area contributed by atoms with Gasteiger partial charge in [-0.15, -0.1) is 0 Å². The van der Waals surface area contributed by atoms with Crippen LogP contribution in [0.4, 0.5) is 13.2 Å². The van der Waals surface area contributed by atoms with Crippen LogP contribution < -0.4 is 0 Å². The van der Waals surface area contributed by atoms with Gasteiger partial charge in [0.15, 0.2) is 0 Å². The van der Waals surface area contributed by atoms with Crippen molar-refractivity contribution in [2.45, 2.75) is 19.0 Å². The lowest BCUT2D eigenvalue weighted by Gasteiger charge is -2.00. The van der Waals surface area contributed by atoms with E-state index in [1.54, 1.807) is 0 Å². The summed E-state index contributed by atoms with van der Waals surface area (Å²) >= 11 is 0. The summed E-state index contributed by atoms with van der Waals surface area (Å²) in [7, 11) is 0. The predicted octanol–water partition coefficient (Wildman–Crippen LogP) is 1.45. The minimum atomic E-state index is -4.46. The van der Waals surface area contributed by atoms with Crippen molar-refractivity contribution in [3.05, 3.63) is 17.7 Å². The number of alkyl halides is 3. The van der Waals surface area contributed by atoms with E-state index in [9.17, 15) is 18.0 Å². The van der Waals surface area contributed by atoms with Crippen LogP contribution in [0.5, 0.6) is 0 Å². The normalized spacial score (nSPS) is 11.6. The van der Waals surface area contributed by atoms with Gasteiger partial charge in [0.2, 0.25) is 0 Å². The van der Waals surface area contributed by atoms with Crippen LogP contribution in [0.2, 0.25) is 0 Å². The zero-order valence-electron chi connectivity index (χ0n) is 6.93. The molecule has 0 radical (unpaired) electrons. The average Bonchev–Trinajstić information content (AvgIpc) is 2.47. The van der Waals surface area contributed by atoms with Crippen LogP contribution in [-0.4, -0.2) is 21.0 Å². The van der Waals surface area contributed by atoms with Gasteiger partial charge < -0.3 is 10.1 Å². The Bertz CT molecular complexity index is 332. The summed E-state index contributed by atoms with van der Waals surface area (Å²) in [6.45, 7) is 0. The fourth-order valence-electron chi connectivity index (χ4n) is 0.859. The zero-order chi connectivity index (χ0) is 10.8. The first kappa shape index (κ1) is 10.6. The van der Waals surface area contributed by atoms with E-state index in [4.69, 9.17) is 5.11 Å². The second-order valence-corrected chi connectivity index (χ2v) is 2.64. The van der Waals surface area contributed by atoms with E-state index >= 15 is 0 Å². The third-order valence-electron chi connectivity index (χ3n) is 1.51. The van der Waals surface area contributed by atoms with Crippen molar-refractivity contribution >= 4 is 5.97 Å². The predicted molar refractivity (Wildman–Crippen MR) is 39.5 cm³/mol. The van der Waals surface area contributed by atoms with E-state index in [1.807, 2.05) is 4.98 Å². The summed E-state index contributed by atoms with van der Waals surface area (Å²) in [5.41, 5.74) is -0.960. The number of hydrogen-bond donors (Lipinski definition) is 2. The lowest BCUT2D eigenvalue weighted by atomic mass is 10.3. The molecule has 1 aromatic rings. The summed E-state index contributed by atoms with van der Waals surface area (Å²) in [6.07, 6.45) is -4.10. The van der Waals surface area contributed by atoms with Crippen LogP contribution in [0.1, 0.15) is 17.9 Å². The SMILES string of the molecule is O=C(O)CCc1ncc(C(F)(F)F)[nH]1. The molecule has 0 atom stereocenters. The Kier molecular flexibility index (Phi) is 2.78. The number of aliphatic carboxylic acids is 1. The van der Waals surface area contributed by atoms with E-state index in [2.05, 4.69) is 4.98 Å². The van der Waals surface area contributed by atoms with Gasteiger partial charge in [0.25, 0.3) is 0 Å². The maximum absolute atomic E-state index is 12.0. The standard InChI is InChI=1S/C7H7F3N2O2/c8-7(9,10)4-3-11-5(12-4)1-2-6(13)14/h3H,1-2H2,(H,11,12)(H,13,14). The molecular weight excluding hydrogens is 201 g/mol. The van der Waals surface area contributed by atoms with E-state index < -0.39 is 17.8 Å². The minimum Gasteiger partial charge on any atom is -0.481 e. The Morgan fingerprint density at radius 2 is 2.21 bits per heavy atom. The summed E-state index contributed by atoms with van der Waals surface area (Å²) in [4.78, 5) is 15.5. The summed E-state index contributed by atoms with van der Waals surface area (Å²) in [6, 6.07) is 0. The Morgan fingerprint density at radius 3 is 2.64 bits per heavy atom. The number of halogens is 3. The maximum Gasteiger partial charge on any atom is 0.432 e. The molecule has 0 bridgehead atoms. The Labute approximate surface area is 76.8 Å². The first-order chi connectivity index (χ1) is 6.39. The topological polar surface area (TPSA) is 66.0 Å². The fraction of sp³-hybridized carbons (Fsp3) is 0.429. The van der Waals surface area contributed by atoms with Crippen LogP contribution >= 0.6 is 0 Å². The number of carboxylic acids is 1. The number of H-pyrrole nitrogens is 1. The molecule has 0 aliphatic heterocycles. The molecule has 0 fully saturated rings. The van der Waals surface area contributed by atoms with Gasteiger partial charge in [0, 0.05) is 6.42 Å². The molecule has 0 amide bonds. The van der Waals surface area contributed by atoms with Gasteiger partial charge in [-0.3, -0.25) is 4.79 Å². The van der Waals surface area contributed by atoms with Crippen molar-refractivity contribution in [2.75, 3.05) is 0 Å². The summed E-state index contributed by atoms with van der Waals surface area (Å²) in [5.74, 6) is -1.05. The number of imidazole rings is 1. The molecular formula is C7H7F3N2O2. The lowest BCUT2D eigenvalue weighted by Crippen LogP contribution is -2.05. The minimum absolute atomic E-state index is 0.0275. The lowest BCUT2D eigenvalue weighted by molar-refractivity contribution is -0.141. The molecule has 1 heterocycles. The molecule has 1 aromatic heterocycles. The van der Waals surface area contributed by atoms with Crippen LogP contribution in [-0.2, 0) is 17.4 Å². The van der Waals surface area contributed by atoms with Crippen LogP contribution in [0.25, 0.3) is 0 Å². The first-order valence-electron chi connectivity index (χ1n) is 3.72. The van der Waals surface area contributed by atoms with Crippen LogP contribution in [0.3, 0.4) is 0 Å². The van der Waals surface area contributed by atoms with Gasteiger partial charge in [0.05, 0.1) is 12.6 Å². The van der Waals surface area contributed by atoms with Gasteiger partial charge in [-0.25, -0.2) is 4.98 Å². The second-order valence-electron chi connectivity index (χ2n) is 2.64. The van der Waals surface area contributed by atoms with Crippen molar-refractivity contribution in [3.63, 3.8) is 0 Å². The molecule has 14 heavy (non-hydrogen) atoms. The Hall–Kier alpha value is -1.53. The number of nitrogens with zero attached hydrogens (tertiary/aromatic N) is 1. The molecule has 2 N–H and O–H groups in total. The van der Waals surface area contributed by atoms with Gasteiger partial charge in [-0.1, -0.05) is 0 Å². The smallest absolute Gasteiger partial charge is 0.432 e. The van der Waals surface area contributed by atoms with Crippen molar-refractivity contribution in [1.82, 2.24) is 9.97 Å². The van der Waals surface area contributed by atoms with E-state index in [0.717, 1.165) is 0 Å². The van der Waals surface area contributed by atoms with E-state index in [-0.39, 0.29) is 18.7 Å². The molecule has 78 valence electrons. The molecule has 0 unspecified atom stereocenters. The number of aryl methyl sites for hydroxylation is 1. The Balaban J connectivity index is 2.64. The van der Waals surface area contributed by atoms with Crippen molar-refractivity contribution in [2.24, 2.45) is 0 Å². The summed E-state index contributed by atoms with van der Waals surface area (Å²) < 4.78 is 36.0. The molecule has 0 spiro atoms. The van der Waals surface area contributed by atoms with Crippen LogP contribution in [0.15, 0.2) is 6.20 Å². The molecule has 0 saturated heterocycles. The summed E-state index contributed by atoms with van der Waals surface area (Å²) in [5, 5.41) is 8.28. The second kappa shape index (κ2) is 3.69. The quantitative estimate of drug-likeness (QED) is 0.789. The number of carboxylic acid groups (broad SMARTS) is 1. The molecule has 0 aromatic carbocycles. The first-order valence-corrected chi connectivity index (χ1v) is 3.72. The van der Waals surface area contributed by atoms with Gasteiger partial charge in [0.1, 0.15) is 11.5 Å². The number of nitrogens with one attached hydrogen (secondary N) is 1. The number of aromatic nitrogens is 2. The molecule has 1 rings (SSSR count). The number of rotatable bonds is 3. The highest BCUT2D eigenvalue weighted by Gasteiger charge is 2.32. The molecule has 0 aliphatic rings. The maximum atomic E-state index is 12.0. The van der Waals surface area contributed by atoms with E-state index in [1.165, 1.54) is 0 Å². The number of aromatic amines is 1. The molecule has 0 aliphatic carbocycles. The zero-order valence-corrected chi connectivity index (χ0v) is 6.93. The average molecular weight is 208 g/mol. The largest absolute Gasteiger partial charge is 0.481 e. The third kappa shape index (κ3) is 2.75. The highest BCUT2D eigenvalue weighted by Crippen LogP contribution is 2.27. The number of hydrogen-bond acceptors (Lipinski definition) is 2. The van der Waals surface area contributed by atoms with Gasteiger partial charge in [-0.05, 0) is 0 Å². The van der Waals surface area contributed by atoms with Crippen molar-refractivity contribution in [3.8, 4) is 0 Å². The van der Waals surface area contributed by atoms with Gasteiger partial charge in [-0.2, -0.15) is 13.2 Å². The number of carbonyl (C=O) groups is 1. The molecule has 4 nitrogen and oxygen atoms in total. The molecule has 0 saturated carbocycles. The highest BCUT2D eigenvalue weighted by molar-refractivity contribution is 5.66. The monoisotopic (exact) mass is 208 g/mol. The van der Waals surface area contributed by atoms with E-state index in [0.29, 0.717) is 6.20 Å². The third-order valence-corrected chi connectivity index (χ3v) is 1.51. The highest BCUT2D eigenvalue weighted by atomic mass is 19.4. The molecule has 7 heteroatoms. The van der Waals surface area contributed by atoms with Crippen LogP contribution in [0, 0.1) is 0 Å². The Morgan fingerprint density at radius 1 is 1.57 bits per heavy atom.